The lowest BCUT2D eigenvalue weighted by Gasteiger charge is -2.40. The molecule has 1 saturated heterocycles. The van der Waals surface area contributed by atoms with Gasteiger partial charge < -0.3 is 4.90 Å². The summed E-state index contributed by atoms with van der Waals surface area (Å²) in [5.41, 5.74) is 0.933. The summed E-state index contributed by atoms with van der Waals surface area (Å²) in [5, 5.41) is 9.90. The molecule has 2 heterocycles. The van der Waals surface area contributed by atoms with Crippen LogP contribution in [0, 0.1) is 0 Å². The number of carbonyl (C=O) groups is 1. The molecule has 1 amide bonds. The first-order valence-corrected chi connectivity index (χ1v) is 11.0. The van der Waals surface area contributed by atoms with Crippen LogP contribution in [0.1, 0.15) is 40.0 Å². The number of aromatic nitrogens is 3. The molecule has 28 heavy (non-hydrogen) atoms. The molecule has 1 aliphatic rings. The summed E-state index contributed by atoms with van der Waals surface area (Å²) < 4.78 is 1.99. The molecule has 1 fully saturated rings. The number of benzene rings is 1. The molecule has 0 bridgehead atoms. The van der Waals surface area contributed by atoms with Crippen LogP contribution in [0.2, 0.25) is 5.02 Å². The van der Waals surface area contributed by atoms with Crippen molar-refractivity contribution in [2.75, 3.05) is 0 Å². The highest BCUT2D eigenvalue weighted by atomic mass is 35.5. The second-order valence-electron chi connectivity index (χ2n) is 7.35. The first kappa shape index (κ1) is 20.9. The van der Waals surface area contributed by atoms with Crippen LogP contribution in [-0.2, 0) is 11.3 Å². The second kappa shape index (κ2) is 9.14. The van der Waals surface area contributed by atoms with Crippen molar-refractivity contribution in [1.82, 2.24) is 19.7 Å². The molecule has 0 saturated carbocycles. The van der Waals surface area contributed by atoms with E-state index in [9.17, 15) is 4.79 Å². The number of thioether (sulfide) groups is 1. The molecule has 1 aromatic heterocycles. The van der Waals surface area contributed by atoms with E-state index in [1.807, 2.05) is 41.8 Å². The fourth-order valence-electron chi connectivity index (χ4n) is 3.76. The van der Waals surface area contributed by atoms with E-state index in [0.717, 1.165) is 29.4 Å². The van der Waals surface area contributed by atoms with Crippen LogP contribution in [0.5, 0.6) is 0 Å². The van der Waals surface area contributed by atoms with Gasteiger partial charge in [0.05, 0.1) is 5.25 Å². The van der Waals surface area contributed by atoms with Gasteiger partial charge in [-0.2, -0.15) is 0 Å². The maximum atomic E-state index is 13.1. The molecule has 1 aromatic carbocycles. The average molecular weight is 419 g/mol. The number of nitrogens with zero attached hydrogens (tertiary/aromatic N) is 4. The zero-order valence-electron chi connectivity index (χ0n) is 16.6. The highest BCUT2D eigenvalue weighted by Gasteiger charge is 2.32. The predicted molar refractivity (Wildman–Crippen MR) is 116 cm³/mol. The average Bonchev–Trinajstić information content (AvgIpc) is 3.05. The summed E-state index contributed by atoms with van der Waals surface area (Å²) in [5.74, 6) is 0.921. The topological polar surface area (TPSA) is 51.0 Å². The Morgan fingerprint density at radius 3 is 2.54 bits per heavy atom. The van der Waals surface area contributed by atoms with Gasteiger partial charge in [-0.25, -0.2) is 0 Å². The van der Waals surface area contributed by atoms with Crippen molar-refractivity contribution >= 4 is 29.3 Å². The highest BCUT2D eigenvalue weighted by Crippen LogP contribution is 2.31. The molecular weight excluding hydrogens is 392 g/mol. The van der Waals surface area contributed by atoms with Crippen molar-refractivity contribution in [2.24, 2.45) is 0 Å². The van der Waals surface area contributed by atoms with Gasteiger partial charge in [0.2, 0.25) is 5.91 Å². The Hall–Kier alpha value is -1.79. The normalized spacial score (nSPS) is 20.8. The smallest absolute Gasteiger partial charge is 0.236 e. The van der Waals surface area contributed by atoms with E-state index in [2.05, 4.69) is 35.5 Å². The lowest BCUT2D eigenvalue weighted by Crippen LogP contribution is -2.50. The van der Waals surface area contributed by atoms with E-state index in [1.165, 1.54) is 18.2 Å². The number of rotatable bonds is 6. The maximum absolute atomic E-state index is 13.1. The second-order valence-corrected chi connectivity index (χ2v) is 9.09. The molecule has 3 atom stereocenters. The van der Waals surface area contributed by atoms with Crippen molar-refractivity contribution in [3.8, 4) is 11.4 Å². The maximum Gasteiger partial charge on any atom is 0.236 e. The number of amides is 1. The quantitative estimate of drug-likeness (QED) is 0.486. The summed E-state index contributed by atoms with van der Waals surface area (Å²) in [6.45, 7) is 10.7. The van der Waals surface area contributed by atoms with Crippen LogP contribution >= 0.6 is 23.4 Å². The van der Waals surface area contributed by atoms with Crippen LogP contribution in [0.3, 0.4) is 0 Å². The molecule has 0 N–H and O–H groups in total. The molecule has 150 valence electrons. The first-order valence-electron chi connectivity index (χ1n) is 9.71. The molecule has 0 spiro atoms. The van der Waals surface area contributed by atoms with E-state index in [1.54, 1.807) is 0 Å². The Morgan fingerprint density at radius 2 is 1.93 bits per heavy atom. The van der Waals surface area contributed by atoms with Crippen LogP contribution in [0.15, 0.2) is 42.1 Å². The molecular formula is C21H27ClN4OS. The molecule has 3 rings (SSSR count). The number of likely N-dealkylation sites (tertiary alicyclic amines) is 1. The Bertz CT molecular complexity index is 825. The highest BCUT2D eigenvalue weighted by molar-refractivity contribution is 8.00. The summed E-state index contributed by atoms with van der Waals surface area (Å²) in [7, 11) is 0. The van der Waals surface area contributed by atoms with Crippen LogP contribution in [0.25, 0.3) is 11.4 Å². The fraction of sp³-hybridized carbons (Fsp3) is 0.476. The van der Waals surface area contributed by atoms with Gasteiger partial charge in [0, 0.05) is 29.2 Å². The molecule has 0 radical (unpaired) electrons. The summed E-state index contributed by atoms with van der Waals surface area (Å²) >= 11 is 7.46. The van der Waals surface area contributed by atoms with Gasteiger partial charge in [-0.1, -0.05) is 29.4 Å². The van der Waals surface area contributed by atoms with Crippen LogP contribution in [0.4, 0.5) is 0 Å². The fourth-order valence-corrected chi connectivity index (χ4v) is 4.80. The third kappa shape index (κ3) is 4.44. The molecule has 7 heteroatoms. The van der Waals surface area contributed by atoms with Crippen LogP contribution in [-0.4, -0.2) is 42.9 Å². The SMILES string of the molecule is C=CCn1c(S[C@H](C)C(=O)N2[C@H](C)CCC[C@H]2C)nnc1-c1ccc(Cl)cc1. The standard InChI is InChI=1S/C21H27ClN4OS/c1-5-13-25-19(17-9-11-18(22)12-10-17)23-24-21(25)28-16(4)20(27)26-14(2)7-6-8-15(26)3/h5,9-12,14-16H,1,6-8,13H2,2-4H3/t14-,15-,16-/m1/s1. The van der Waals surface area contributed by atoms with Crippen molar-refractivity contribution < 1.29 is 4.79 Å². The van der Waals surface area contributed by atoms with Crippen molar-refractivity contribution in [3.63, 3.8) is 0 Å². The lowest BCUT2D eigenvalue weighted by atomic mass is 9.97. The molecule has 1 aliphatic heterocycles. The lowest BCUT2D eigenvalue weighted by molar-refractivity contribution is -0.136. The summed E-state index contributed by atoms with van der Waals surface area (Å²) in [6, 6.07) is 8.09. The third-order valence-electron chi connectivity index (χ3n) is 5.21. The molecule has 5 nitrogen and oxygen atoms in total. The summed E-state index contributed by atoms with van der Waals surface area (Å²) in [6.07, 6.45) is 5.14. The first-order chi connectivity index (χ1) is 13.4. The minimum atomic E-state index is -0.228. The van der Waals surface area contributed by atoms with Gasteiger partial charge >= 0.3 is 0 Å². The van der Waals surface area contributed by atoms with Crippen LogP contribution < -0.4 is 0 Å². The largest absolute Gasteiger partial charge is 0.336 e. The summed E-state index contributed by atoms with van der Waals surface area (Å²) in [4.78, 5) is 15.2. The monoisotopic (exact) mass is 418 g/mol. The van der Waals surface area contributed by atoms with Gasteiger partial charge in [-0.3, -0.25) is 9.36 Å². The minimum absolute atomic E-state index is 0.172. The Labute approximate surface area is 176 Å². The van der Waals surface area contributed by atoms with Crippen molar-refractivity contribution in [3.05, 3.63) is 41.9 Å². The number of carbonyl (C=O) groups excluding carboxylic acids is 1. The minimum Gasteiger partial charge on any atom is -0.336 e. The van der Waals surface area contributed by atoms with Gasteiger partial charge in [-0.15, -0.1) is 16.8 Å². The van der Waals surface area contributed by atoms with Gasteiger partial charge in [-0.05, 0) is 64.3 Å². The predicted octanol–water partition coefficient (Wildman–Crippen LogP) is 5.05. The van der Waals surface area contributed by atoms with E-state index in [-0.39, 0.29) is 23.2 Å². The number of hydrogen-bond donors (Lipinski definition) is 0. The zero-order chi connectivity index (χ0) is 20.3. The molecule has 2 aromatic rings. The number of hydrogen-bond acceptors (Lipinski definition) is 4. The van der Waals surface area contributed by atoms with E-state index < -0.39 is 0 Å². The van der Waals surface area contributed by atoms with Gasteiger partial charge in [0.1, 0.15) is 0 Å². The Kier molecular flexibility index (Phi) is 6.83. The van der Waals surface area contributed by atoms with Crippen molar-refractivity contribution in [2.45, 2.75) is 69.1 Å². The molecule has 0 aliphatic carbocycles. The van der Waals surface area contributed by atoms with E-state index in [0.29, 0.717) is 11.6 Å². The van der Waals surface area contributed by atoms with Gasteiger partial charge in [0.25, 0.3) is 0 Å². The number of allylic oxidation sites excluding steroid dienone is 1. The van der Waals surface area contributed by atoms with Crippen molar-refractivity contribution in [1.29, 1.82) is 0 Å². The molecule has 0 unspecified atom stereocenters. The van der Waals surface area contributed by atoms with E-state index in [4.69, 9.17) is 11.6 Å². The van der Waals surface area contributed by atoms with E-state index >= 15 is 0 Å². The third-order valence-corrected chi connectivity index (χ3v) is 6.53. The zero-order valence-corrected chi connectivity index (χ0v) is 18.2. The number of halogens is 1. The van der Waals surface area contributed by atoms with Gasteiger partial charge in [0.15, 0.2) is 11.0 Å². The Morgan fingerprint density at radius 1 is 1.29 bits per heavy atom. The number of piperidine rings is 1. The Balaban J connectivity index is 1.82.